The Balaban J connectivity index is 1.49. The summed E-state index contributed by atoms with van der Waals surface area (Å²) in [6.45, 7) is 5.91. The fourth-order valence-corrected chi connectivity index (χ4v) is 4.06. The van der Waals surface area contributed by atoms with E-state index in [0.29, 0.717) is 45.8 Å². The summed E-state index contributed by atoms with van der Waals surface area (Å²) in [5.41, 5.74) is 0.674. The number of fused-ring (bicyclic) bond motifs is 2. The van der Waals surface area contributed by atoms with E-state index >= 15 is 0 Å². The number of nitrogens with zero attached hydrogens (tertiary/aromatic N) is 5. The van der Waals surface area contributed by atoms with Gasteiger partial charge in [-0.05, 0) is 57.7 Å². The van der Waals surface area contributed by atoms with Gasteiger partial charge >= 0.3 is 5.97 Å². The van der Waals surface area contributed by atoms with Crippen molar-refractivity contribution in [2.75, 3.05) is 6.61 Å². The van der Waals surface area contributed by atoms with Crippen molar-refractivity contribution in [1.29, 1.82) is 5.26 Å². The second-order valence-corrected chi connectivity index (χ2v) is 10.1. The zero-order valence-corrected chi connectivity index (χ0v) is 20.5. The Hall–Kier alpha value is -4.19. The highest BCUT2D eigenvalue weighted by atomic mass is 16.6. The molecule has 1 aliphatic carbocycles. The number of hydrogen-bond donors (Lipinski definition) is 0. The molecule has 0 spiro atoms. The van der Waals surface area contributed by atoms with E-state index in [9.17, 15) is 14.9 Å². The van der Waals surface area contributed by atoms with Crippen LogP contribution in [0.4, 0.5) is 0 Å². The molecule has 2 aromatic heterocycles. The Kier molecular flexibility index (Phi) is 5.96. The number of aromatic nitrogens is 4. The minimum Gasteiger partial charge on any atom is -0.492 e. The molecule has 0 amide bonds. The molecule has 2 aromatic carbocycles. The van der Waals surface area contributed by atoms with Crippen molar-refractivity contribution in [2.24, 2.45) is 5.92 Å². The standard InChI is InChI=1S/C27H27N5O4/c1-27(2,3)36-25(33)15-32-26(34)21-7-5-4-6-20(21)23(30-32)14-31-13-19-11-24(35-16-17-8-9-17)18(12-28)10-22(19)29-31/h4-7,10-11,13,17H,8-9,14-16H2,1-3H3. The van der Waals surface area contributed by atoms with Gasteiger partial charge in [-0.15, -0.1) is 0 Å². The zero-order valence-electron chi connectivity index (χ0n) is 20.5. The minimum atomic E-state index is -0.668. The highest BCUT2D eigenvalue weighted by Gasteiger charge is 2.23. The van der Waals surface area contributed by atoms with Crippen molar-refractivity contribution < 1.29 is 14.3 Å². The van der Waals surface area contributed by atoms with Gasteiger partial charge in [0, 0.05) is 17.0 Å². The maximum atomic E-state index is 13.0. The lowest BCUT2D eigenvalue weighted by Crippen LogP contribution is -2.32. The van der Waals surface area contributed by atoms with Gasteiger partial charge in [0.15, 0.2) is 0 Å². The Bertz CT molecular complexity index is 1570. The third-order valence-electron chi connectivity index (χ3n) is 5.90. The predicted octanol–water partition coefficient (Wildman–Crippen LogP) is 3.80. The van der Waals surface area contributed by atoms with Gasteiger partial charge in [0.05, 0.1) is 35.3 Å². The lowest BCUT2D eigenvalue weighted by atomic mass is 10.1. The predicted molar refractivity (Wildman–Crippen MR) is 134 cm³/mol. The number of ether oxygens (including phenoxy) is 2. The molecule has 1 aliphatic rings. The van der Waals surface area contributed by atoms with E-state index in [-0.39, 0.29) is 18.6 Å². The number of carbonyl (C=O) groups is 1. The fourth-order valence-electron chi connectivity index (χ4n) is 4.06. The van der Waals surface area contributed by atoms with Crippen molar-refractivity contribution >= 4 is 27.6 Å². The van der Waals surface area contributed by atoms with E-state index < -0.39 is 11.6 Å². The summed E-state index contributed by atoms with van der Waals surface area (Å²) >= 11 is 0. The first-order valence-corrected chi connectivity index (χ1v) is 11.9. The molecule has 9 nitrogen and oxygen atoms in total. The van der Waals surface area contributed by atoms with Crippen LogP contribution in [0.5, 0.6) is 5.75 Å². The third-order valence-corrected chi connectivity index (χ3v) is 5.90. The van der Waals surface area contributed by atoms with Crippen molar-refractivity contribution in [1.82, 2.24) is 19.6 Å². The first-order chi connectivity index (χ1) is 17.2. The van der Waals surface area contributed by atoms with Crippen molar-refractivity contribution in [3.05, 3.63) is 64.2 Å². The largest absolute Gasteiger partial charge is 0.492 e. The van der Waals surface area contributed by atoms with E-state index in [1.165, 1.54) is 12.8 Å². The van der Waals surface area contributed by atoms with Crippen molar-refractivity contribution in [3.8, 4) is 11.8 Å². The Morgan fingerprint density at radius 1 is 1.17 bits per heavy atom. The van der Waals surface area contributed by atoms with E-state index in [1.807, 2.05) is 24.4 Å². The molecule has 0 saturated heterocycles. The number of carbonyl (C=O) groups excluding carboxylic acids is 1. The van der Waals surface area contributed by atoms with Crippen LogP contribution in [0.3, 0.4) is 0 Å². The molecule has 1 saturated carbocycles. The van der Waals surface area contributed by atoms with Gasteiger partial charge in [0.2, 0.25) is 0 Å². The van der Waals surface area contributed by atoms with Gasteiger partial charge in [-0.2, -0.15) is 15.5 Å². The van der Waals surface area contributed by atoms with Gasteiger partial charge in [0.25, 0.3) is 5.56 Å². The second-order valence-electron chi connectivity index (χ2n) is 10.1. The number of hydrogen-bond acceptors (Lipinski definition) is 7. The number of benzene rings is 2. The van der Waals surface area contributed by atoms with Crippen molar-refractivity contribution in [2.45, 2.75) is 52.3 Å². The van der Waals surface area contributed by atoms with Gasteiger partial charge in [-0.25, -0.2) is 4.68 Å². The first kappa shape index (κ1) is 23.5. The molecule has 5 rings (SSSR count). The smallest absolute Gasteiger partial charge is 0.328 e. The summed E-state index contributed by atoms with van der Waals surface area (Å²) < 4.78 is 14.1. The van der Waals surface area contributed by atoms with Crippen LogP contribution in [0.25, 0.3) is 21.7 Å². The van der Waals surface area contributed by atoms with E-state index in [4.69, 9.17) is 9.47 Å². The summed E-state index contributed by atoms with van der Waals surface area (Å²) in [6.07, 6.45) is 4.19. The quantitative estimate of drug-likeness (QED) is 0.366. The third kappa shape index (κ3) is 5.08. The molecule has 0 atom stereocenters. The molecule has 0 N–H and O–H groups in total. The van der Waals surface area contributed by atoms with Crippen LogP contribution in [0, 0.1) is 17.2 Å². The first-order valence-electron chi connectivity index (χ1n) is 11.9. The molecule has 4 aromatic rings. The molecule has 0 aliphatic heterocycles. The van der Waals surface area contributed by atoms with Gasteiger partial charge in [-0.3, -0.25) is 14.3 Å². The average molecular weight is 486 g/mol. The zero-order chi connectivity index (χ0) is 25.4. The molecule has 1 fully saturated rings. The molecule has 9 heteroatoms. The Labute approximate surface area is 207 Å². The van der Waals surface area contributed by atoms with Gasteiger partial charge in [-0.1, -0.05) is 18.2 Å². The van der Waals surface area contributed by atoms with Crippen LogP contribution in [0.15, 0.2) is 47.4 Å². The van der Waals surface area contributed by atoms with Gasteiger partial charge in [0.1, 0.15) is 24.0 Å². The van der Waals surface area contributed by atoms with Crippen molar-refractivity contribution in [3.63, 3.8) is 0 Å². The summed E-state index contributed by atoms with van der Waals surface area (Å²) in [5, 5.41) is 20.7. The lowest BCUT2D eigenvalue weighted by molar-refractivity contribution is -0.155. The molecular formula is C27H27N5O4. The number of nitriles is 1. The average Bonchev–Trinajstić information content (AvgIpc) is 3.57. The van der Waals surface area contributed by atoms with Crippen LogP contribution >= 0.6 is 0 Å². The molecule has 0 bridgehead atoms. The van der Waals surface area contributed by atoms with E-state index in [0.717, 1.165) is 10.1 Å². The highest BCUT2D eigenvalue weighted by Crippen LogP contribution is 2.31. The van der Waals surface area contributed by atoms with Crippen LogP contribution in [-0.4, -0.2) is 37.7 Å². The monoisotopic (exact) mass is 485 g/mol. The molecule has 2 heterocycles. The Morgan fingerprint density at radius 2 is 1.92 bits per heavy atom. The van der Waals surface area contributed by atoms with Crippen LogP contribution in [-0.2, 0) is 22.6 Å². The minimum absolute atomic E-state index is 0.268. The lowest BCUT2D eigenvalue weighted by Gasteiger charge is -2.19. The van der Waals surface area contributed by atoms with E-state index in [2.05, 4.69) is 16.3 Å². The van der Waals surface area contributed by atoms with E-state index in [1.54, 1.807) is 43.7 Å². The highest BCUT2D eigenvalue weighted by molar-refractivity contribution is 5.84. The molecular weight excluding hydrogens is 458 g/mol. The number of esters is 1. The van der Waals surface area contributed by atoms with Crippen LogP contribution in [0.2, 0.25) is 0 Å². The topological polar surface area (TPSA) is 112 Å². The van der Waals surface area contributed by atoms with Crippen LogP contribution < -0.4 is 10.3 Å². The fraction of sp³-hybridized carbons (Fsp3) is 0.370. The molecule has 0 radical (unpaired) electrons. The maximum absolute atomic E-state index is 13.0. The number of rotatable bonds is 7. The second kappa shape index (κ2) is 9.11. The molecule has 0 unspecified atom stereocenters. The summed E-state index contributed by atoms with van der Waals surface area (Å²) in [6, 6.07) is 12.9. The molecule has 184 valence electrons. The molecule has 36 heavy (non-hydrogen) atoms. The summed E-state index contributed by atoms with van der Waals surface area (Å²) in [4.78, 5) is 25.4. The maximum Gasteiger partial charge on any atom is 0.328 e. The summed E-state index contributed by atoms with van der Waals surface area (Å²) in [5.74, 6) is 0.600. The summed E-state index contributed by atoms with van der Waals surface area (Å²) in [7, 11) is 0. The van der Waals surface area contributed by atoms with Crippen LogP contribution in [0.1, 0.15) is 44.9 Å². The normalized spacial score (nSPS) is 13.6. The van der Waals surface area contributed by atoms with Gasteiger partial charge < -0.3 is 9.47 Å². The Morgan fingerprint density at radius 3 is 2.61 bits per heavy atom. The SMILES string of the molecule is CC(C)(C)OC(=O)Cn1nc(Cn2cc3cc(OCC4CC4)c(C#N)cc3n2)c2ccccc2c1=O.